The van der Waals surface area contributed by atoms with Crippen molar-refractivity contribution in [3.63, 3.8) is 0 Å². The molecule has 0 fully saturated rings. The fourth-order valence-electron chi connectivity index (χ4n) is 7.06. The number of phenols is 1. The summed E-state index contributed by atoms with van der Waals surface area (Å²) >= 11 is 0. The Morgan fingerprint density at radius 3 is 1.55 bits per heavy atom. The van der Waals surface area contributed by atoms with E-state index in [4.69, 9.17) is 9.47 Å². The van der Waals surface area contributed by atoms with Gasteiger partial charge >= 0.3 is 32.2 Å². The first kappa shape index (κ1) is 54.2. The number of anilines is 1. The van der Waals surface area contributed by atoms with Crippen molar-refractivity contribution in [1.82, 2.24) is 0 Å². The molecule has 0 heterocycles. The van der Waals surface area contributed by atoms with Crippen molar-refractivity contribution in [2.24, 2.45) is 0 Å². The van der Waals surface area contributed by atoms with E-state index in [9.17, 15) is 9.90 Å². The molecule has 0 spiro atoms. The first-order chi connectivity index (χ1) is 31.3. The van der Waals surface area contributed by atoms with Crippen molar-refractivity contribution >= 4 is 11.7 Å². The van der Waals surface area contributed by atoms with Gasteiger partial charge in [-0.25, -0.2) is 4.79 Å². The number of hydrogen-bond acceptors (Lipinski definition) is 5. The number of nitrogens with zero attached hydrogens (tertiary/aromatic N) is 1. The Balaban J connectivity index is 0.000000424. The normalized spacial score (nSPS) is 10.2. The van der Waals surface area contributed by atoms with Gasteiger partial charge in [0.15, 0.2) is 0 Å². The number of rotatable bonds is 13. The second-order valence-electron chi connectivity index (χ2n) is 16.6. The van der Waals surface area contributed by atoms with E-state index in [1.807, 2.05) is 146 Å². The Kier molecular flexibility index (Phi) is 23.6. The van der Waals surface area contributed by atoms with Crippen LogP contribution in [0.15, 0.2) is 170 Å². The zero-order valence-corrected chi connectivity index (χ0v) is 42.6. The van der Waals surface area contributed by atoms with E-state index in [0.29, 0.717) is 29.8 Å². The van der Waals surface area contributed by atoms with E-state index in [0.717, 1.165) is 58.3 Å². The van der Waals surface area contributed by atoms with Gasteiger partial charge in [-0.05, 0) is 83.7 Å². The molecule has 0 radical (unpaired) electrons. The Morgan fingerprint density at radius 1 is 0.621 bits per heavy atom. The second kappa shape index (κ2) is 28.7. The molecule has 7 aromatic rings. The summed E-state index contributed by atoms with van der Waals surface area (Å²) in [7, 11) is 2.16. The van der Waals surface area contributed by atoms with Gasteiger partial charge in [-0.2, -0.15) is 73.9 Å². The second-order valence-corrected chi connectivity index (χ2v) is 16.6. The number of hydrogen-bond donors (Lipinski definition) is 1. The van der Waals surface area contributed by atoms with E-state index in [1.165, 1.54) is 16.8 Å². The van der Waals surface area contributed by atoms with Crippen molar-refractivity contribution in [3.05, 3.63) is 241 Å². The van der Waals surface area contributed by atoms with E-state index >= 15 is 0 Å². The fraction of sp³-hybridized carbons (Fsp3) is 0.233. The summed E-state index contributed by atoms with van der Waals surface area (Å²) in [4.78, 5) is 15.4. The predicted molar refractivity (Wildman–Crippen MR) is 274 cm³/mol. The van der Waals surface area contributed by atoms with E-state index in [1.54, 1.807) is 6.07 Å². The molecular weight excluding hydrogens is 890 g/mol. The molecule has 0 amide bonds. The molecule has 0 atom stereocenters. The van der Waals surface area contributed by atoms with E-state index < -0.39 is 5.97 Å². The van der Waals surface area contributed by atoms with Crippen LogP contribution in [-0.4, -0.2) is 31.3 Å². The third-order valence-electron chi connectivity index (χ3n) is 10.6. The summed E-state index contributed by atoms with van der Waals surface area (Å²) in [5.41, 5.74) is 11.6. The largest absolute Gasteiger partial charge is 4.00 e. The summed E-state index contributed by atoms with van der Waals surface area (Å²) in [6.45, 7) is 25.7. The average Bonchev–Trinajstić information content (AvgIpc) is 3.31. The molecule has 1 N–H and O–H groups in total. The molecule has 0 aliphatic rings. The smallest absolute Gasteiger partial charge is 0.506 e. The molecule has 5 nitrogen and oxygen atoms in total. The molecule has 0 aromatic heterocycles. The van der Waals surface area contributed by atoms with Crippen molar-refractivity contribution in [3.8, 4) is 22.6 Å². The minimum Gasteiger partial charge on any atom is -0.506 e. The zero-order chi connectivity index (χ0) is 47.1. The van der Waals surface area contributed by atoms with Crippen LogP contribution in [0.3, 0.4) is 0 Å². The van der Waals surface area contributed by atoms with Crippen molar-refractivity contribution in [1.29, 1.82) is 0 Å². The van der Waals surface area contributed by atoms with Crippen LogP contribution >= 0.6 is 0 Å². The molecule has 0 saturated heterocycles. The van der Waals surface area contributed by atoms with Crippen molar-refractivity contribution < 1.29 is 45.6 Å². The molecule has 0 unspecified atom stereocenters. The van der Waals surface area contributed by atoms with Crippen LogP contribution in [0.1, 0.15) is 108 Å². The first-order valence-electron chi connectivity index (χ1n) is 22.5. The maximum Gasteiger partial charge on any atom is 4.00 e. The topological polar surface area (TPSA) is 59.0 Å². The number of ether oxygens (including phenoxy) is 2. The number of carbonyl (C=O) groups excluding carboxylic acids is 1. The predicted octanol–water partition coefficient (Wildman–Crippen LogP) is 15.0. The molecule has 340 valence electrons. The standard InChI is InChI=1S/C39H47NO4.3C7H7.Zr/c1-8-29-18-19-36(43-21-13-20-40(7)37-31(26(2)3)16-12-17-32(37)27(4)5)33(24-29)34-22-28(6)23-35(38(34)41)39(42)44-25-30-14-10-9-11-15-30;3*1-7-5-3-2-4-6-7;/h9-12,14-19,22-24,26-27,41H,8,13,20-21,25H2,1-7H3;3*2-6H,1H2;/q;3*-1;+4. The number of esters is 1. The van der Waals surface area contributed by atoms with Gasteiger partial charge < -0.3 is 19.5 Å². The maximum absolute atomic E-state index is 13.1. The minimum absolute atomic E-state index is 0. The van der Waals surface area contributed by atoms with Gasteiger partial charge in [-0.1, -0.05) is 107 Å². The summed E-state index contributed by atoms with van der Waals surface area (Å²) in [5.74, 6) is 0.892. The summed E-state index contributed by atoms with van der Waals surface area (Å²) in [6.07, 6.45) is 1.66. The van der Waals surface area contributed by atoms with Gasteiger partial charge in [0.05, 0.1) is 6.61 Å². The van der Waals surface area contributed by atoms with Crippen LogP contribution in [0.4, 0.5) is 5.69 Å². The SMILES string of the molecule is CCc1ccc(OCCCN(C)c2c(C(C)C)cccc2C(C)C)c(-c2cc(C)cc(C(=O)OCc3ccccc3)c2O)c1.[CH2-]c1ccccc1.[CH2-]c1ccccc1.[CH2-]c1ccccc1.[Zr+4]. The number of aromatic hydroxyl groups is 1. The number of phenolic OH excluding ortho intramolecular Hbond substituents is 1. The first-order valence-corrected chi connectivity index (χ1v) is 22.5. The van der Waals surface area contributed by atoms with Gasteiger partial charge in [0.2, 0.25) is 0 Å². The summed E-state index contributed by atoms with van der Waals surface area (Å²) < 4.78 is 11.9. The molecule has 0 saturated carbocycles. The Morgan fingerprint density at radius 2 is 1.11 bits per heavy atom. The Labute approximate surface area is 416 Å². The molecule has 7 aromatic carbocycles. The third kappa shape index (κ3) is 17.7. The molecular formula is C60H68NO4Zr+. The Hall–Kier alpha value is -6.10. The quantitative estimate of drug-likeness (QED) is 0.0709. The molecule has 6 heteroatoms. The summed E-state index contributed by atoms with van der Waals surface area (Å²) in [6, 6.07) is 55.4. The zero-order valence-electron chi connectivity index (χ0n) is 40.1. The fourth-order valence-corrected chi connectivity index (χ4v) is 7.06. The molecule has 7 rings (SSSR count). The molecule has 66 heavy (non-hydrogen) atoms. The van der Waals surface area contributed by atoms with Crippen LogP contribution in [0, 0.1) is 27.7 Å². The van der Waals surface area contributed by atoms with Gasteiger partial charge in [0.25, 0.3) is 0 Å². The minimum atomic E-state index is -0.559. The van der Waals surface area contributed by atoms with Gasteiger partial charge in [0, 0.05) is 30.4 Å². The third-order valence-corrected chi connectivity index (χ3v) is 10.6. The van der Waals surface area contributed by atoms with Gasteiger partial charge in [-0.15, -0.1) is 36.4 Å². The number of aryl methyl sites for hydroxylation is 2. The van der Waals surface area contributed by atoms with Crippen LogP contribution in [-0.2, 0) is 44.0 Å². The number of para-hydroxylation sites is 1. The molecule has 0 aliphatic heterocycles. The maximum atomic E-state index is 13.1. The molecule has 0 bridgehead atoms. The van der Waals surface area contributed by atoms with Crippen LogP contribution in [0.2, 0.25) is 0 Å². The molecule has 0 aliphatic carbocycles. The van der Waals surface area contributed by atoms with Gasteiger partial charge in [0.1, 0.15) is 23.7 Å². The summed E-state index contributed by atoms with van der Waals surface area (Å²) in [5, 5.41) is 11.4. The number of carbonyl (C=O) groups is 1. The Bertz CT molecular complexity index is 2340. The van der Waals surface area contributed by atoms with E-state index in [-0.39, 0.29) is 44.1 Å². The van der Waals surface area contributed by atoms with Crippen LogP contribution < -0.4 is 9.64 Å². The van der Waals surface area contributed by atoms with Gasteiger partial charge in [-0.3, -0.25) is 0 Å². The van der Waals surface area contributed by atoms with E-state index in [2.05, 4.69) is 91.6 Å². The van der Waals surface area contributed by atoms with Crippen molar-refractivity contribution in [2.45, 2.75) is 72.8 Å². The average molecular weight is 958 g/mol. The van der Waals surface area contributed by atoms with Crippen LogP contribution in [0.5, 0.6) is 11.5 Å². The van der Waals surface area contributed by atoms with Crippen molar-refractivity contribution in [2.75, 3.05) is 25.1 Å². The number of benzene rings is 7. The monoisotopic (exact) mass is 956 g/mol. The van der Waals surface area contributed by atoms with Crippen LogP contribution in [0.25, 0.3) is 11.1 Å².